The van der Waals surface area contributed by atoms with Gasteiger partial charge in [-0.2, -0.15) is 0 Å². The third-order valence-corrected chi connectivity index (χ3v) is 3.67. The SMILES string of the molecule is CCOC(=O)C1C(O)=CC(=O)CC1c1ccc(Cl)c(F)c1. The van der Waals surface area contributed by atoms with E-state index in [1.54, 1.807) is 6.92 Å². The largest absolute Gasteiger partial charge is 0.511 e. The molecule has 0 spiro atoms. The highest BCUT2D eigenvalue weighted by Gasteiger charge is 2.39. The van der Waals surface area contributed by atoms with Crippen molar-refractivity contribution in [3.8, 4) is 0 Å². The molecule has 1 aromatic rings. The maximum atomic E-state index is 13.6. The van der Waals surface area contributed by atoms with Crippen LogP contribution in [0.25, 0.3) is 0 Å². The number of halogens is 2. The van der Waals surface area contributed by atoms with Crippen molar-refractivity contribution in [3.05, 3.63) is 46.4 Å². The maximum Gasteiger partial charge on any atom is 0.317 e. The highest BCUT2D eigenvalue weighted by Crippen LogP contribution is 2.37. The Hall–Kier alpha value is -1.88. The highest BCUT2D eigenvalue weighted by molar-refractivity contribution is 6.30. The molecule has 2 atom stereocenters. The Bertz CT molecular complexity index is 612. The van der Waals surface area contributed by atoms with Gasteiger partial charge in [0, 0.05) is 18.4 Å². The number of hydrogen-bond acceptors (Lipinski definition) is 4. The minimum absolute atomic E-state index is 0.00534. The van der Waals surface area contributed by atoms with Crippen LogP contribution in [0.15, 0.2) is 30.0 Å². The first kappa shape index (κ1) is 15.5. The van der Waals surface area contributed by atoms with Gasteiger partial charge < -0.3 is 9.84 Å². The van der Waals surface area contributed by atoms with E-state index in [1.807, 2.05) is 0 Å². The van der Waals surface area contributed by atoms with E-state index in [0.29, 0.717) is 5.56 Å². The maximum absolute atomic E-state index is 13.6. The van der Waals surface area contributed by atoms with Crippen LogP contribution in [-0.4, -0.2) is 23.5 Å². The smallest absolute Gasteiger partial charge is 0.317 e. The van der Waals surface area contributed by atoms with Crippen LogP contribution in [0, 0.1) is 11.7 Å². The molecule has 112 valence electrons. The molecular weight excluding hydrogens is 299 g/mol. The summed E-state index contributed by atoms with van der Waals surface area (Å²) in [4.78, 5) is 23.6. The van der Waals surface area contributed by atoms with E-state index in [2.05, 4.69) is 0 Å². The summed E-state index contributed by atoms with van der Waals surface area (Å²) < 4.78 is 18.5. The van der Waals surface area contributed by atoms with Crippen LogP contribution in [0.5, 0.6) is 0 Å². The zero-order valence-corrected chi connectivity index (χ0v) is 12.1. The Labute approximate surface area is 126 Å². The Morgan fingerprint density at radius 2 is 2.24 bits per heavy atom. The average Bonchev–Trinajstić information content (AvgIpc) is 2.41. The summed E-state index contributed by atoms with van der Waals surface area (Å²) in [5.41, 5.74) is 0.419. The van der Waals surface area contributed by atoms with Crippen molar-refractivity contribution in [2.24, 2.45) is 5.92 Å². The predicted molar refractivity (Wildman–Crippen MR) is 74.6 cm³/mol. The number of carbonyl (C=O) groups is 2. The number of allylic oxidation sites excluding steroid dienone is 1. The first-order valence-corrected chi connectivity index (χ1v) is 6.86. The van der Waals surface area contributed by atoms with E-state index in [1.165, 1.54) is 18.2 Å². The normalized spacial score (nSPS) is 21.9. The van der Waals surface area contributed by atoms with Gasteiger partial charge in [0.1, 0.15) is 17.5 Å². The molecule has 1 aliphatic rings. The summed E-state index contributed by atoms with van der Waals surface area (Å²) in [6.07, 6.45) is 1.01. The van der Waals surface area contributed by atoms with E-state index in [9.17, 15) is 19.1 Å². The lowest BCUT2D eigenvalue weighted by atomic mass is 9.77. The molecule has 0 aliphatic heterocycles. The molecule has 0 amide bonds. The summed E-state index contributed by atoms with van der Waals surface area (Å²) in [6, 6.07) is 4.06. The van der Waals surface area contributed by atoms with Crippen LogP contribution in [0.4, 0.5) is 4.39 Å². The minimum Gasteiger partial charge on any atom is -0.511 e. The third-order valence-electron chi connectivity index (χ3n) is 3.36. The molecule has 0 radical (unpaired) electrons. The van der Waals surface area contributed by atoms with Crippen LogP contribution < -0.4 is 0 Å². The van der Waals surface area contributed by atoms with E-state index >= 15 is 0 Å². The summed E-state index contributed by atoms with van der Waals surface area (Å²) >= 11 is 5.63. The summed E-state index contributed by atoms with van der Waals surface area (Å²) in [7, 11) is 0. The summed E-state index contributed by atoms with van der Waals surface area (Å²) in [5.74, 6) is -3.65. The van der Waals surface area contributed by atoms with Gasteiger partial charge in [-0.25, -0.2) is 4.39 Å². The Kier molecular flexibility index (Phi) is 4.63. The second-order valence-electron chi connectivity index (χ2n) is 4.75. The van der Waals surface area contributed by atoms with Gasteiger partial charge >= 0.3 is 5.97 Å². The van der Waals surface area contributed by atoms with Crippen LogP contribution in [0.1, 0.15) is 24.8 Å². The van der Waals surface area contributed by atoms with Crippen LogP contribution in [0.2, 0.25) is 5.02 Å². The molecule has 1 N–H and O–H groups in total. The van der Waals surface area contributed by atoms with E-state index in [4.69, 9.17) is 16.3 Å². The molecule has 0 aromatic heterocycles. The number of rotatable bonds is 3. The number of esters is 1. The molecule has 0 fully saturated rings. The van der Waals surface area contributed by atoms with Crippen molar-refractivity contribution in [1.82, 2.24) is 0 Å². The standard InChI is InChI=1S/C15H14ClFO4/c1-2-21-15(20)14-10(6-9(18)7-13(14)19)8-3-4-11(16)12(17)5-8/h3-5,7,10,14,19H,2,6H2,1H3. The fourth-order valence-electron chi connectivity index (χ4n) is 2.42. The molecule has 0 saturated heterocycles. The fourth-order valence-corrected chi connectivity index (χ4v) is 2.54. The number of carbonyl (C=O) groups excluding carboxylic acids is 2. The van der Waals surface area contributed by atoms with Gasteiger partial charge in [-0.15, -0.1) is 0 Å². The molecule has 1 aromatic carbocycles. The molecule has 2 unspecified atom stereocenters. The highest BCUT2D eigenvalue weighted by atomic mass is 35.5. The lowest BCUT2D eigenvalue weighted by Gasteiger charge is -2.28. The Balaban J connectivity index is 2.42. The molecule has 4 nitrogen and oxygen atoms in total. The predicted octanol–water partition coefficient (Wildman–Crippen LogP) is 3.16. The summed E-state index contributed by atoms with van der Waals surface area (Å²) in [5, 5.41) is 9.86. The molecule has 2 rings (SSSR count). The lowest BCUT2D eigenvalue weighted by molar-refractivity contribution is -0.148. The first-order chi connectivity index (χ1) is 9.93. The molecule has 0 heterocycles. The van der Waals surface area contributed by atoms with Gasteiger partial charge in [0.15, 0.2) is 5.78 Å². The van der Waals surface area contributed by atoms with Gasteiger partial charge in [-0.1, -0.05) is 17.7 Å². The second kappa shape index (κ2) is 6.26. The molecule has 0 bridgehead atoms. The van der Waals surface area contributed by atoms with E-state index < -0.39 is 23.6 Å². The number of ketones is 1. The number of benzene rings is 1. The number of aliphatic hydroxyl groups excluding tert-OH is 1. The van der Waals surface area contributed by atoms with Gasteiger partial charge in [-0.3, -0.25) is 9.59 Å². The van der Waals surface area contributed by atoms with Crippen LogP contribution >= 0.6 is 11.6 Å². The lowest BCUT2D eigenvalue weighted by Crippen LogP contribution is -2.31. The van der Waals surface area contributed by atoms with Crippen molar-refractivity contribution in [2.75, 3.05) is 6.61 Å². The zero-order chi connectivity index (χ0) is 15.6. The molecule has 21 heavy (non-hydrogen) atoms. The zero-order valence-electron chi connectivity index (χ0n) is 11.3. The molecular formula is C15H14ClFO4. The van der Waals surface area contributed by atoms with Crippen LogP contribution in [-0.2, 0) is 14.3 Å². The fraction of sp³-hybridized carbons (Fsp3) is 0.333. The monoisotopic (exact) mass is 312 g/mol. The van der Waals surface area contributed by atoms with Crippen molar-refractivity contribution in [2.45, 2.75) is 19.3 Å². The first-order valence-electron chi connectivity index (χ1n) is 6.49. The quantitative estimate of drug-likeness (QED) is 0.871. The van der Waals surface area contributed by atoms with Gasteiger partial charge in [-0.05, 0) is 24.6 Å². The van der Waals surface area contributed by atoms with Gasteiger partial charge in [0.2, 0.25) is 0 Å². The minimum atomic E-state index is -1.01. The average molecular weight is 313 g/mol. The topological polar surface area (TPSA) is 63.6 Å². The number of ether oxygens (including phenoxy) is 1. The number of hydrogen-bond donors (Lipinski definition) is 1. The Morgan fingerprint density at radius 1 is 1.52 bits per heavy atom. The van der Waals surface area contributed by atoms with E-state index in [-0.39, 0.29) is 29.6 Å². The van der Waals surface area contributed by atoms with Crippen molar-refractivity contribution < 1.29 is 23.8 Å². The Morgan fingerprint density at radius 3 is 2.86 bits per heavy atom. The molecule has 6 heteroatoms. The molecule has 0 saturated carbocycles. The van der Waals surface area contributed by atoms with E-state index in [0.717, 1.165) is 6.08 Å². The van der Waals surface area contributed by atoms with Crippen molar-refractivity contribution in [1.29, 1.82) is 0 Å². The second-order valence-corrected chi connectivity index (χ2v) is 5.16. The van der Waals surface area contributed by atoms with Crippen LogP contribution in [0.3, 0.4) is 0 Å². The summed E-state index contributed by atoms with van der Waals surface area (Å²) in [6.45, 7) is 1.79. The van der Waals surface area contributed by atoms with Crippen molar-refractivity contribution in [3.63, 3.8) is 0 Å². The van der Waals surface area contributed by atoms with Gasteiger partial charge in [0.25, 0.3) is 0 Å². The van der Waals surface area contributed by atoms with Crippen molar-refractivity contribution >= 4 is 23.4 Å². The van der Waals surface area contributed by atoms with Gasteiger partial charge in [0.05, 0.1) is 11.6 Å². The number of aliphatic hydroxyl groups is 1. The molecule has 1 aliphatic carbocycles. The third kappa shape index (κ3) is 3.24.